The Bertz CT molecular complexity index is 1530. The molecule has 0 spiro atoms. The van der Waals surface area contributed by atoms with E-state index in [1.165, 1.54) is 6.07 Å². The fourth-order valence-corrected chi connectivity index (χ4v) is 5.48. The van der Waals surface area contributed by atoms with Gasteiger partial charge in [0.25, 0.3) is 0 Å². The normalized spacial score (nSPS) is 15.9. The predicted molar refractivity (Wildman–Crippen MR) is 149 cm³/mol. The van der Waals surface area contributed by atoms with Crippen molar-refractivity contribution in [1.29, 1.82) is 5.26 Å². The van der Waals surface area contributed by atoms with Gasteiger partial charge in [-0.2, -0.15) is 5.26 Å². The monoisotopic (exact) mass is 536 g/mol. The first-order valence-electron chi connectivity index (χ1n) is 12.5. The molecule has 2 aromatic carbocycles. The van der Waals surface area contributed by atoms with Crippen molar-refractivity contribution in [3.8, 4) is 23.3 Å². The Balaban J connectivity index is 1.59. The number of nitrogens with one attached hydrogen (secondary N) is 1. The van der Waals surface area contributed by atoms with Crippen molar-refractivity contribution in [3.63, 3.8) is 0 Å². The highest BCUT2D eigenvalue weighted by Gasteiger charge is 2.28. The number of methoxy groups -OCH3 is 1. The van der Waals surface area contributed by atoms with Crippen molar-refractivity contribution in [2.24, 2.45) is 0 Å². The molecule has 4 aromatic rings. The van der Waals surface area contributed by atoms with Gasteiger partial charge < -0.3 is 19.4 Å². The van der Waals surface area contributed by atoms with Crippen LogP contribution in [0.3, 0.4) is 0 Å². The molecule has 0 aliphatic carbocycles. The van der Waals surface area contributed by atoms with Crippen molar-refractivity contribution >= 4 is 20.9 Å². The van der Waals surface area contributed by atoms with Gasteiger partial charge in [-0.05, 0) is 67.1 Å². The second kappa shape index (κ2) is 10.4. The Morgan fingerprint density at radius 1 is 1.21 bits per heavy atom. The highest BCUT2D eigenvalue weighted by molar-refractivity contribution is 8.32. The molecule has 200 valence electrons. The molecule has 0 fully saturated rings. The molecule has 0 radical (unpaired) electrons. The van der Waals surface area contributed by atoms with Crippen LogP contribution in [0.15, 0.2) is 36.4 Å². The molecule has 1 aliphatic heterocycles. The van der Waals surface area contributed by atoms with Crippen LogP contribution in [0.1, 0.15) is 28.6 Å². The van der Waals surface area contributed by atoms with Gasteiger partial charge in [0.1, 0.15) is 30.2 Å². The SMILES string of the molecule is COc1c(C#N)ccc2c1cc(-c1nc3n(n1)CCNC3c1ccc(F)cc1C)n2COCCS(C)(C)C. The first kappa shape index (κ1) is 26.2. The van der Waals surface area contributed by atoms with E-state index in [9.17, 15) is 9.65 Å². The molecule has 3 heterocycles. The third-order valence-electron chi connectivity index (χ3n) is 6.82. The fourth-order valence-electron chi connectivity index (χ4n) is 4.86. The maximum atomic E-state index is 13.8. The van der Waals surface area contributed by atoms with Crippen LogP contribution in [-0.2, 0) is 18.0 Å². The smallest absolute Gasteiger partial charge is 0.198 e. The van der Waals surface area contributed by atoms with E-state index >= 15 is 0 Å². The van der Waals surface area contributed by atoms with Gasteiger partial charge in [-0.15, -0.1) is 5.10 Å². The van der Waals surface area contributed by atoms with Gasteiger partial charge in [-0.3, -0.25) is 0 Å². The lowest BCUT2D eigenvalue weighted by Crippen LogP contribution is -2.35. The first-order chi connectivity index (χ1) is 18.2. The van der Waals surface area contributed by atoms with Crippen LogP contribution in [0, 0.1) is 24.1 Å². The van der Waals surface area contributed by atoms with E-state index in [1.807, 2.05) is 34.4 Å². The van der Waals surface area contributed by atoms with E-state index in [0.29, 0.717) is 37.0 Å². The number of halogens is 1. The average Bonchev–Trinajstić information content (AvgIpc) is 3.47. The summed E-state index contributed by atoms with van der Waals surface area (Å²) in [5.41, 5.74) is 3.97. The number of aromatic nitrogens is 4. The zero-order chi connectivity index (χ0) is 27.0. The summed E-state index contributed by atoms with van der Waals surface area (Å²) in [6, 6.07) is 12.5. The molecule has 0 bridgehead atoms. The van der Waals surface area contributed by atoms with Gasteiger partial charge >= 0.3 is 0 Å². The summed E-state index contributed by atoms with van der Waals surface area (Å²) in [6.45, 7) is 4.27. The third-order valence-corrected chi connectivity index (χ3v) is 8.21. The van der Waals surface area contributed by atoms with Crippen LogP contribution in [0.4, 0.5) is 4.39 Å². The first-order valence-corrected chi connectivity index (χ1v) is 15.5. The number of aryl methyl sites for hydroxylation is 1. The number of fused-ring (bicyclic) bond motifs is 2. The van der Waals surface area contributed by atoms with Crippen molar-refractivity contribution in [1.82, 2.24) is 24.6 Å². The van der Waals surface area contributed by atoms with Crippen molar-refractivity contribution in [2.45, 2.75) is 26.2 Å². The number of hydrogen-bond donors (Lipinski definition) is 1. The van der Waals surface area contributed by atoms with Crippen LogP contribution in [0.5, 0.6) is 5.75 Å². The Hall–Kier alpha value is -3.39. The Morgan fingerprint density at radius 3 is 2.74 bits per heavy atom. The lowest BCUT2D eigenvalue weighted by atomic mass is 9.99. The molecule has 0 amide bonds. The largest absolute Gasteiger partial charge is 0.495 e. The number of nitrogens with zero attached hydrogens (tertiary/aromatic N) is 5. The number of ether oxygens (including phenoxy) is 2. The number of hydrogen-bond acceptors (Lipinski definition) is 6. The maximum absolute atomic E-state index is 13.8. The number of nitriles is 1. The maximum Gasteiger partial charge on any atom is 0.198 e. The summed E-state index contributed by atoms with van der Waals surface area (Å²) in [5, 5.41) is 18.8. The number of rotatable bonds is 8. The van der Waals surface area contributed by atoms with E-state index in [2.05, 4.69) is 30.2 Å². The summed E-state index contributed by atoms with van der Waals surface area (Å²) in [7, 11) is 0.894. The van der Waals surface area contributed by atoms with E-state index in [4.69, 9.17) is 19.6 Å². The lowest BCUT2D eigenvalue weighted by molar-refractivity contribution is 0.0937. The van der Waals surface area contributed by atoms with E-state index in [-0.39, 0.29) is 11.9 Å². The van der Waals surface area contributed by atoms with Gasteiger partial charge in [0.15, 0.2) is 5.82 Å². The van der Waals surface area contributed by atoms with Gasteiger partial charge in [0.2, 0.25) is 0 Å². The van der Waals surface area contributed by atoms with Gasteiger partial charge in [-0.25, -0.2) is 24.1 Å². The molecular weight excluding hydrogens is 503 g/mol. The summed E-state index contributed by atoms with van der Waals surface area (Å²) in [4.78, 5) is 4.98. The van der Waals surface area contributed by atoms with Crippen LogP contribution in [-0.4, -0.2) is 64.1 Å². The molecule has 10 heteroatoms. The zero-order valence-electron chi connectivity index (χ0n) is 22.4. The van der Waals surface area contributed by atoms with Gasteiger partial charge in [0, 0.05) is 17.7 Å². The molecule has 0 saturated carbocycles. The van der Waals surface area contributed by atoms with Gasteiger partial charge in [-0.1, -0.05) is 6.07 Å². The van der Waals surface area contributed by atoms with Crippen LogP contribution in [0.25, 0.3) is 22.4 Å². The molecule has 8 nitrogen and oxygen atoms in total. The topological polar surface area (TPSA) is 89.9 Å². The Labute approximate surface area is 223 Å². The van der Waals surface area contributed by atoms with Crippen molar-refractivity contribution in [3.05, 3.63) is 64.7 Å². The minimum Gasteiger partial charge on any atom is -0.495 e. The summed E-state index contributed by atoms with van der Waals surface area (Å²) in [5.74, 6) is 2.61. The second-order valence-electron chi connectivity index (χ2n) is 10.4. The van der Waals surface area contributed by atoms with E-state index in [0.717, 1.165) is 45.8 Å². The Morgan fingerprint density at radius 2 is 2.03 bits per heavy atom. The predicted octanol–water partition coefficient (Wildman–Crippen LogP) is 4.59. The van der Waals surface area contributed by atoms with Crippen molar-refractivity contribution in [2.75, 3.05) is 44.8 Å². The molecule has 2 aromatic heterocycles. The average molecular weight is 537 g/mol. The molecule has 1 unspecified atom stereocenters. The van der Waals surface area contributed by atoms with E-state index < -0.39 is 10.0 Å². The molecule has 1 aliphatic rings. The quantitative estimate of drug-likeness (QED) is 0.332. The molecule has 1 atom stereocenters. The molecule has 0 saturated heterocycles. The second-order valence-corrected chi connectivity index (χ2v) is 15.0. The number of benzene rings is 2. The van der Waals surface area contributed by atoms with Crippen LogP contribution >= 0.6 is 10.0 Å². The highest BCUT2D eigenvalue weighted by Crippen LogP contribution is 2.37. The molecular formula is C28H33FN6O2S. The third kappa shape index (κ3) is 5.01. The van der Waals surface area contributed by atoms with Crippen LogP contribution in [0.2, 0.25) is 0 Å². The van der Waals surface area contributed by atoms with Crippen LogP contribution < -0.4 is 10.1 Å². The van der Waals surface area contributed by atoms with Gasteiger partial charge in [0.05, 0.1) is 43.1 Å². The lowest BCUT2D eigenvalue weighted by Gasteiger charge is -2.25. The minimum absolute atomic E-state index is 0.200. The Kier molecular flexibility index (Phi) is 7.18. The summed E-state index contributed by atoms with van der Waals surface area (Å²) >= 11 is 0. The summed E-state index contributed by atoms with van der Waals surface area (Å²) in [6.07, 6.45) is 6.82. The molecule has 38 heavy (non-hydrogen) atoms. The summed E-state index contributed by atoms with van der Waals surface area (Å²) < 4.78 is 29.5. The standard InChI is InChI=1S/C28H33FN6O2S/c1-18-14-20(29)7-8-21(18)25-28-32-27(33-35(28)11-10-31-25)24-15-22-23(9-6-19(16-30)26(22)36-2)34(24)17-37-12-13-38(3,4)5/h6-9,14-15,25,31H,10-13,17H2,1-5H3. The highest BCUT2D eigenvalue weighted by atomic mass is 32.3. The van der Waals surface area contributed by atoms with E-state index in [1.54, 1.807) is 19.2 Å². The molecule has 1 N–H and O–H groups in total. The van der Waals surface area contributed by atoms with Crippen molar-refractivity contribution < 1.29 is 13.9 Å². The zero-order valence-corrected chi connectivity index (χ0v) is 23.2. The molecule has 5 rings (SSSR count). The fraction of sp³-hybridized carbons (Fsp3) is 0.393. The minimum atomic E-state index is -0.679.